The molecule has 0 saturated carbocycles. The molecule has 0 radical (unpaired) electrons. The third-order valence-corrected chi connectivity index (χ3v) is 8.95. The van der Waals surface area contributed by atoms with E-state index in [4.69, 9.17) is 5.11 Å². The summed E-state index contributed by atoms with van der Waals surface area (Å²) in [5.41, 5.74) is 0. The summed E-state index contributed by atoms with van der Waals surface area (Å²) in [7, 11) is -1.86. The molecule has 1 N–H and O–H groups in total. The van der Waals surface area contributed by atoms with Gasteiger partial charge in [-0.05, 0) is 36.4 Å². The zero-order chi connectivity index (χ0) is 18.2. The Labute approximate surface area is 155 Å². The topological polar surface area (TPSA) is 37.3 Å². The van der Waals surface area contributed by atoms with Crippen LogP contribution in [0.15, 0.2) is 103 Å². The van der Waals surface area contributed by atoms with E-state index in [1.807, 2.05) is 18.2 Å². The van der Waals surface area contributed by atoms with Gasteiger partial charge in [0, 0.05) is 12.5 Å². The lowest BCUT2D eigenvalue weighted by molar-refractivity contribution is -0.131. The molecule has 0 aliphatic heterocycles. The van der Waals surface area contributed by atoms with Crippen LogP contribution in [0.4, 0.5) is 0 Å². The van der Waals surface area contributed by atoms with E-state index in [0.29, 0.717) is 0 Å². The van der Waals surface area contributed by atoms with Gasteiger partial charge in [0.2, 0.25) is 0 Å². The smallest absolute Gasteiger partial charge is 0.327 e. The van der Waals surface area contributed by atoms with E-state index in [2.05, 4.69) is 72.8 Å². The molecule has 3 rings (SSSR count). The standard InChI is InChI=1S/C23H21O2P/c24-23(25)18-10-11-19-26(20-12-4-1-5-13-20,21-14-6-2-7-15-21)22-16-8-3-9-17-22/h1-10,12-18H,11,19H2/p+1/b18-10-. The third kappa shape index (κ3) is 3.92. The van der Waals surface area contributed by atoms with Crippen LogP contribution in [0, 0.1) is 0 Å². The van der Waals surface area contributed by atoms with Crippen LogP contribution in [0.1, 0.15) is 6.42 Å². The summed E-state index contributed by atoms with van der Waals surface area (Å²) in [6.07, 6.45) is 4.63. The average Bonchev–Trinajstić information content (AvgIpc) is 2.70. The highest BCUT2D eigenvalue weighted by Gasteiger charge is 2.44. The molecule has 3 aromatic rings. The quantitative estimate of drug-likeness (QED) is 0.510. The second-order valence-electron chi connectivity index (χ2n) is 6.07. The van der Waals surface area contributed by atoms with E-state index in [0.717, 1.165) is 12.6 Å². The molecule has 2 nitrogen and oxygen atoms in total. The van der Waals surface area contributed by atoms with Gasteiger partial charge in [0.1, 0.15) is 23.2 Å². The molecule has 0 bridgehead atoms. The van der Waals surface area contributed by atoms with Crippen LogP contribution < -0.4 is 15.9 Å². The highest BCUT2D eigenvalue weighted by atomic mass is 31.2. The third-order valence-electron chi connectivity index (χ3n) is 4.48. The number of benzene rings is 3. The summed E-state index contributed by atoms with van der Waals surface area (Å²) in [5, 5.41) is 12.9. The maximum absolute atomic E-state index is 10.9. The molecular formula is C23H22O2P+. The van der Waals surface area contributed by atoms with Crippen molar-refractivity contribution in [2.45, 2.75) is 6.42 Å². The fraction of sp³-hybridized carbons (Fsp3) is 0.0870. The van der Waals surface area contributed by atoms with Gasteiger partial charge >= 0.3 is 5.97 Å². The van der Waals surface area contributed by atoms with Gasteiger partial charge in [-0.1, -0.05) is 60.7 Å². The summed E-state index contributed by atoms with van der Waals surface area (Å²) < 4.78 is 0. The van der Waals surface area contributed by atoms with Gasteiger partial charge in [-0.3, -0.25) is 0 Å². The summed E-state index contributed by atoms with van der Waals surface area (Å²) >= 11 is 0. The molecule has 0 aliphatic carbocycles. The minimum atomic E-state index is -1.86. The molecule has 0 amide bonds. The van der Waals surface area contributed by atoms with Crippen molar-refractivity contribution in [1.82, 2.24) is 0 Å². The van der Waals surface area contributed by atoms with Gasteiger partial charge in [0.25, 0.3) is 0 Å². The van der Waals surface area contributed by atoms with E-state index in [9.17, 15) is 4.79 Å². The molecule has 0 heterocycles. The van der Waals surface area contributed by atoms with Crippen molar-refractivity contribution in [2.75, 3.05) is 6.16 Å². The van der Waals surface area contributed by atoms with Crippen molar-refractivity contribution in [1.29, 1.82) is 0 Å². The molecule has 130 valence electrons. The summed E-state index contributed by atoms with van der Waals surface area (Å²) in [4.78, 5) is 10.9. The summed E-state index contributed by atoms with van der Waals surface area (Å²) in [6.45, 7) is 0. The highest BCUT2D eigenvalue weighted by molar-refractivity contribution is 7.95. The number of aliphatic carboxylic acids is 1. The fourth-order valence-electron chi connectivity index (χ4n) is 3.33. The zero-order valence-corrected chi connectivity index (χ0v) is 15.4. The maximum Gasteiger partial charge on any atom is 0.327 e. The minimum Gasteiger partial charge on any atom is -0.478 e. The van der Waals surface area contributed by atoms with Gasteiger partial charge in [-0.15, -0.1) is 0 Å². The number of rotatable bonds is 7. The Morgan fingerprint density at radius 2 is 1.12 bits per heavy atom. The summed E-state index contributed by atoms with van der Waals surface area (Å²) in [6, 6.07) is 31.9. The van der Waals surface area contributed by atoms with Crippen molar-refractivity contribution in [3.05, 3.63) is 103 Å². The van der Waals surface area contributed by atoms with E-state index < -0.39 is 13.2 Å². The second-order valence-corrected chi connectivity index (χ2v) is 9.69. The van der Waals surface area contributed by atoms with Crippen molar-refractivity contribution < 1.29 is 9.90 Å². The van der Waals surface area contributed by atoms with E-state index in [-0.39, 0.29) is 0 Å². The first-order valence-electron chi connectivity index (χ1n) is 8.68. The number of carboxylic acid groups (broad SMARTS) is 1. The van der Waals surface area contributed by atoms with Crippen molar-refractivity contribution >= 4 is 29.1 Å². The predicted octanol–water partition coefficient (Wildman–Crippen LogP) is 4.01. The van der Waals surface area contributed by atoms with Crippen molar-refractivity contribution in [2.24, 2.45) is 0 Å². The Morgan fingerprint density at radius 3 is 1.46 bits per heavy atom. The first-order valence-corrected chi connectivity index (χ1v) is 10.7. The first kappa shape index (κ1) is 18.1. The predicted molar refractivity (Wildman–Crippen MR) is 111 cm³/mol. The average molecular weight is 361 g/mol. The fourth-order valence-corrected chi connectivity index (χ4v) is 7.58. The van der Waals surface area contributed by atoms with Gasteiger partial charge in [-0.2, -0.15) is 0 Å². The van der Waals surface area contributed by atoms with Crippen LogP contribution in [0.5, 0.6) is 0 Å². The molecule has 3 aromatic carbocycles. The monoisotopic (exact) mass is 361 g/mol. The van der Waals surface area contributed by atoms with Gasteiger partial charge in [0.15, 0.2) is 0 Å². The SMILES string of the molecule is O=C(O)/C=C\CC[P+](c1ccccc1)(c1ccccc1)c1ccccc1. The Morgan fingerprint density at radius 1 is 0.731 bits per heavy atom. The molecule has 26 heavy (non-hydrogen) atoms. The van der Waals surface area contributed by atoms with Crippen LogP contribution in [-0.2, 0) is 4.79 Å². The van der Waals surface area contributed by atoms with Crippen LogP contribution >= 0.6 is 7.26 Å². The van der Waals surface area contributed by atoms with Crippen molar-refractivity contribution in [3.63, 3.8) is 0 Å². The lowest BCUT2D eigenvalue weighted by Gasteiger charge is -2.27. The Hall–Kier alpha value is -2.70. The van der Waals surface area contributed by atoms with Gasteiger partial charge in [0.05, 0.1) is 6.16 Å². The Bertz CT molecular complexity index is 762. The molecule has 0 aromatic heterocycles. The zero-order valence-electron chi connectivity index (χ0n) is 14.5. The lowest BCUT2D eigenvalue weighted by Crippen LogP contribution is -2.33. The molecule has 3 heteroatoms. The maximum atomic E-state index is 10.9. The number of hydrogen-bond donors (Lipinski definition) is 1. The molecule has 0 spiro atoms. The highest BCUT2D eigenvalue weighted by Crippen LogP contribution is 2.55. The van der Waals surface area contributed by atoms with E-state index in [1.165, 1.54) is 22.0 Å². The second kappa shape index (κ2) is 8.60. The van der Waals surface area contributed by atoms with Crippen LogP contribution in [0.2, 0.25) is 0 Å². The number of carboxylic acids is 1. The van der Waals surface area contributed by atoms with Crippen molar-refractivity contribution in [3.8, 4) is 0 Å². The molecule has 0 saturated heterocycles. The first-order chi connectivity index (χ1) is 12.7. The Kier molecular flexibility index (Phi) is 5.99. The van der Waals surface area contributed by atoms with Gasteiger partial charge < -0.3 is 5.11 Å². The lowest BCUT2D eigenvalue weighted by atomic mass is 10.3. The normalized spacial score (nSPS) is 11.5. The molecule has 0 unspecified atom stereocenters. The van der Waals surface area contributed by atoms with E-state index in [1.54, 1.807) is 6.08 Å². The van der Waals surface area contributed by atoms with Gasteiger partial charge in [-0.25, -0.2) is 4.79 Å². The molecule has 0 fully saturated rings. The van der Waals surface area contributed by atoms with Crippen LogP contribution in [0.3, 0.4) is 0 Å². The minimum absolute atomic E-state index is 0.721. The number of allylic oxidation sites excluding steroid dienone is 1. The number of carbonyl (C=O) groups is 1. The molecule has 0 aliphatic rings. The Balaban J connectivity index is 2.16. The van der Waals surface area contributed by atoms with E-state index >= 15 is 0 Å². The van der Waals surface area contributed by atoms with Crippen LogP contribution in [-0.4, -0.2) is 17.2 Å². The largest absolute Gasteiger partial charge is 0.478 e. The van der Waals surface area contributed by atoms with Crippen LogP contribution in [0.25, 0.3) is 0 Å². The molecule has 0 atom stereocenters. The number of hydrogen-bond acceptors (Lipinski definition) is 1. The molecular weight excluding hydrogens is 339 g/mol. The summed E-state index contributed by atoms with van der Waals surface area (Å²) in [5.74, 6) is -0.895.